The summed E-state index contributed by atoms with van der Waals surface area (Å²) in [5, 5.41) is 13.7. The van der Waals surface area contributed by atoms with E-state index in [0.717, 1.165) is 5.56 Å². The molecule has 0 bridgehead atoms. The number of aliphatic carboxylic acids is 1. The molecule has 3 unspecified atom stereocenters. The van der Waals surface area contributed by atoms with E-state index in [4.69, 9.17) is 0 Å². The Kier molecular flexibility index (Phi) is 5.55. The van der Waals surface area contributed by atoms with Crippen LogP contribution in [0.1, 0.15) is 31.7 Å². The first-order chi connectivity index (χ1) is 9.02. The average Bonchev–Trinajstić information content (AvgIpc) is 2.43. The molecule has 0 aliphatic heterocycles. The molecule has 0 aromatic heterocycles. The van der Waals surface area contributed by atoms with E-state index in [0.29, 0.717) is 6.42 Å². The van der Waals surface area contributed by atoms with Crippen molar-refractivity contribution < 1.29 is 14.7 Å². The number of nitrogens with one attached hydrogen (secondary N) is 1. The third-order valence-electron chi connectivity index (χ3n) is 3.56. The summed E-state index contributed by atoms with van der Waals surface area (Å²) in [4.78, 5) is 23.2. The molecule has 1 N–H and O–H groups in total. The summed E-state index contributed by atoms with van der Waals surface area (Å²) in [6.45, 7) is 3.48. The van der Waals surface area contributed by atoms with Crippen LogP contribution in [0.5, 0.6) is 0 Å². The maximum absolute atomic E-state index is 12.0. The average molecular weight is 262 g/mol. The fraction of sp³-hybridized carbons (Fsp3) is 0.467. The number of hydrogen-bond donors (Lipinski definition) is 1. The summed E-state index contributed by atoms with van der Waals surface area (Å²) in [6, 6.07) is 9.52. The van der Waals surface area contributed by atoms with E-state index >= 15 is 0 Å². The molecule has 1 aromatic rings. The molecule has 0 saturated carbocycles. The minimum absolute atomic E-state index is 0.131. The highest BCUT2D eigenvalue weighted by molar-refractivity contribution is 5.84. The Bertz CT molecular complexity index is 430. The Morgan fingerprint density at radius 2 is 1.84 bits per heavy atom. The van der Waals surface area contributed by atoms with Crippen LogP contribution in [0, 0.1) is 11.8 Å². The van der Waals surface area contributed by atoms with Crippen molar-refractivity contribution in [1.82, 2.24) is 5.32 Å². The van der Waals surface area contributed by atoms with Gasteiger partial charge in [0.1, 0.15) is 0 Å². The predicted octanol–water partition coefficient (Wildman–Crippen LogP) is 0.928. The molecule has 3 atom stereocenters. The molecule has 1 amide bonds. The normalized spacial score (nSPS) is 15.3. The smallest absolute Gasteiger partial charge is 0.224 e. The van der Waals surface area contributed by atoms with Crippen molar-refractivity contribution in [3.63, 3.8) is 0 Å². The molecule has 104 valence electrons. The molecule has 0 radical (unpaired) electrons. The Morgan fingerprint density at radius 1 is 1.26 bits per heavy atom. The lowest BCUT2D eigenvalue weighted by molar-refractivity contribution is -0.312. The van der Waals surface area contributed by atoms with Gasteiger partial charge in [-0.05, 0) is 17.9 Å². The van der Waals surface area contributed by atoms with Crippen LogP contribution < -0.4 is 10.4 Å². The molecule has 19 heavy (non-hydrogen) atoms. The van der Waals surface area contributed by atoms with E-state index in [1.54, 1.807) is 0 Å². The third-order valence-corrected chi connectivity index (χ3v) is 3.56. The summed E-state index contributed by atoms with van der Waals surface area (Å²) in [7, 11) is 1.52. The second-order valence-corrected chi connectivity index (χ2v) is 4.67. The van der Waals surface area contributed by atoms with Gasteiger partial charge in [0.25, 0.3) is 0 Å². The van der Waals surface area contributed by atoms with Crippen molar-refractivity contribution in [1.29, 1.82) is 0 Å². The summed E-state index contributed by atoms with van der Waals surface area (Å²) in [5.74, 6) is -3.03. The van der Waals surface area contributed by atoms with Gasteiger partial charge < -0.3 is 15.2 Å². The van der Waals surface area contributed by atoms with Crippen LogP contribution in [-0.4, -0.2) is 18.9 Å². The quantitative estimate of drug-likeness (QED) is 0.829. The van der Waals surface area contributed by atoms with E-state index in [9.17, 15) is 14.7 Å². The molecule has 0 heterocycles. The molecule has 0 fully saturated rings. The van der Waals surface area contributed by atoms with Crippen LogP contribution in [0.2, 0.25) is 0 Å². The largest absolute Gasteiger partial charge is 0.550 e. The first-order valence-electron chi connectivity index (χ1n) is 6.50. The zero-order valence-electron chi connectivity index (χ0n) is 11.6. The number of benzene rings is 1. The molecule has 4 nitrogen and oxygen atoms in total. The topological polar surface area (TPSA) is 69.2 Å². The standard InChI is InChI=1S/C15H21NO3/c1-4-12(11-8-6-5-7-9-11)13(14(17)16-3)10(2)15(18)19/h5-10,12-13H,4H2,1-3H3,(H,16,17)(H,18,19)/p-1. The van der Waals surface area contributed by atoms with Crippen molar-refractivity contribution in [3.8, 4) is 0 Å². The van der Waals surface area contributed by atoms with E-state index < -0.39 is 17.8 Å². The summed E-state index contributed by atoms with van der Waals surface area (Å²) < 4.78 is 0. The van der Waals surface area contributed by atoms with E-state index in [-0.39, 0.29) is 11.8 Å². The fourth-order valence-electron chi connectivity index (χ4n) is 2.47. The van der Waals surface area contributed by atoms with Gasteiger partial charge in [-0.15, -0.1) is 0 Å². The number of carboxylic acid groups (broad SMARTS) is 1. The van der Waals surface area contributed by atoms with Gasteiger partial charge in [0.05, 0.1) is 5.92 Å². The molecule has 4 heteroatoms. The van der Waals surface area contributed by atoms with Crippen LogP contribution in [-0.2, 0) is 9.59 Å². The van der Waals surface area contributed by atoms with Gasteiger partial charge in [0.15, 0.2) is 0 Å². The third kappa shape index (κ3) is 3.56. The molecule has 0 spiro atoms. The molecule has 0 aliphatic carbocycles. The lowest BCUT2D eigenvalue weighted by Crippen LogP contribution is -2.43. The van der Waals surface area contributed by atoms with E-state index in [1.807, 2.05) is 37.3 Å². The molecular weight excluding hydrogens is 242 g/mol. The van der Waals surface area contributed by atoms with Crippen molar-refractivity contribution in [2.75, 3.05) is 7.05 Å². The molecule has 0 saturated heterocycles. The Morgan fingerprint density at radius 3 is 2.26 bits per heavy atom. The first kappa shape index (κ1) is 15.2. The molecule has 0 aliphatic rings. The van der Waals surface area contributed by atoms with Crippen LogP contribution in [0.15, 0.2) is 30.3 Å². The number of hydrogen-bond acceptors (Lipinski definition) is 3. The maximum Gasteiger partial charge on any atom is 0.224 e. The van der Waals surface area contributed by atoms with Crippen LogP contribution in [0.25, 0.3) is 0 Å². The van der Waals surface area contributed by atoms with Crippen LogP contribution in [0.4, 0.5) is 0 Å². The minimum atomic E-state index is -1.19. The van der Waals surface area contributed by atoms with E-state index in [2.05, 4.69) is 5.32 Å². The van der Waals surface area contributed by atoms with Gasteiger partial charge in [0, 0.05) is 18.9 Å². The highest BCUT2D eigenvalue weighted by Crippen LogP contribution is 2.33. The van der Waals surface area contributed by atoms with Crippen molar-refractivity contribution in [2.24, 2.45) is 11.8 Å². The highest BCUT2D eigenvalue weighted by Gasteiger charge is 2.33. The zero-order valence-corrected chi connectivity index (χ0v) is 11.6. The van der Waals surface area contributed by atoms with Crippen molar-refractivity contribution in [3.05, 3.63) is 35.9 Å². The van der Waals surface area contributed by atoms with Gasteiger partial charge in [-0.2, -0.15) is 0 Å². The number of carboxylic acids is 1. The zero-order chi connectivity index (χ0) is 14.4. The lowest BCUT2D eigenvalue weighted by Gasteiger charge is -2.30. The second kappa shape index (κ2) is 6.92. The van der Waals surface area contributed by atoms with Gasteiger partial charge >= 0.3 is 0 Å². The molecular formula is C15H20NO3-. The second-order valence-electron chi connectivity index (χ2n) is 4.67. The maximum atomic E-state index is 12.0. The predicted molar refractivity (Wildman–Crippen MR) is 71.2 cm³/mol. The van der Waals surface area contributed by atoms with Crippen molar-refractivity contribution >= 4 is 11.9 Å². The number of rotatable bonds is 6. The first-order valence-corrected chi connectivity index (χ1v) is 6.50. The number of carbonyl (C=O) groups is 2. The van der Waals surface area contributed by atoms with E-state index in [1.165, 1.54) is 14.0 Å². The summed E-state index contributed by atoms with van der Waals surface area (Å²) >= 11 is 0. The summed E-state index contributed by atoms with van der Waals surface area (Å²) in [6.07, 6.45) is 0.694. The molecule has 1 rings (SSSR count). The van der Waals surface area contributed by atoms with Gasteiger partial charge in [-0.1, -0.05) is 44.2 Å². The SMILES string of the molecule is CCC(c1ccccc1)C(C(=O)NC)C(C)C(=O)[O-]. The van der Waals surface area contributed by atoms with Gasteiger partial charge in [0.2, 0.25) is 5.91 Å². The van der Waals surface area contributed by atoms with Gasteiger partial charge in [-0.3, -0.25) is 4.79 Å². The highest BCUT2D eigenvalue weighted by atomic mass is 16.4. The Balaban J connectivity index is 3.14. The van der Waals surface area contributed by atoms with Crippen LogP contribution >= 0.6 is 0 Å². The number of carbonyl (C=O) groups excluding carboxylic acids is 2. The monoisotopic (exact) mass is 262 g/mol. The fourth-order valence-corrected chi connectivity index (χ4v) is 2.47. The number of amides is 1. The molecule has 1 aromatic carbocycles. The van der Waals surface area contributed by atoms with Gasteiger partial charge in [-0.25, -0.2) is 0 Å². The van der Waals surface area contributed by atoms with Crippen LogP contribution in [0.3, 0.4) is 0 Å². The Labute approximate surface area is 113 Å². The minimum Gasteiger partial charge on any atom is -0.550 e. The summed E-state index contributed by atoms with van der Waals surface area (Å²) in [5.41, 5.74) is 0.978. The Hall–Kier alpha value is -1.84. The lowest BCUT2D eigenvalue weighted by atomic mass is 9.76. The van der Waals surface area contributed by atoms with Crippen molar-refractivity contribution in [2.45, 2.75) is 26.2 Å².